The Morgan fingerprint density at radius 2 is 2.07 bits per heavy atom. The molecule has 1 aliphatic carbocycles. The van der Waals surface area contributed by atoms with Gasteiger partial charge >= 0.3 is 0 Å². The zero-order valence-electron chi connectivity index (χ0n) is 8.35. The molecule has 1 aliphatic rings. The van der Waals surface area contributed by atoms with E-state index < -0.39 is 0 Å². The molecule has 0 spiro atoms. The van der Waals surface area contributed by atoms with Crippen molar-refractivity contribution in [2.45, 2.75) is 25.7 Å². The minimum absolute atomic E-state index is 0.00338. The SMILES string of the molecule is O=C1CCCC(C(=O)c2cncnc2)C1. The third kappa shape index (κ3) is 2.26. The number of Topliss-reactive ketones (excluding diaryl/α,β-unsaturated/α-hetero) is 2. The lowest BCUT2D eigenvalue weighted by Gasteiger charge is -2.18. The van der Waals surface area contributed by atoms with Crippen molar-refractivity contribution in [3.05, 3.63) is 24.3 Å². The van der Waals surface area contributed by atoms with E-state index in [0.717, 1.165) is 12.8 Å². The molecule has 1 saturated carbocycles. The van der Waals surface area contributed by atoms with Crippen LogP contribution < -0.4 is 0 Å². The molecule has 1 unspecified atom stereocenters. The number of rotatable bonds is 2. The van der Waals surface area contributed by atoms with E-state index in [1.54, 1.807) is 0 Å². The van der Waals surface area contributed by atoms with Crippen molar-refractivity contribution in [2.24, 2.45) is 5.92 Å². The monoisotopic (exact) mass is 204 g/mol. The summed E-state index contributed by atoms with van der Waals surface area (Å²) in [5.74, 6) is 0.0392. The van der Waals surface area contributed by atoms with Crippen LogP contribution in [0, 0.1) is 5.92 Å². The molecule has 0 bridgehead atoms. The maximum atomic E-state index is 11.9. The van der Waals surface area contributed by atoms with Gasteiger partial charge < -0.3 is 0 Å². The zero-order valence-corrected chi connectivity index (χ0v) is 8.35. The molecule has 1 fully saturated rings. The van der Waals surface area contributed by atoms with Crippen molar-refractivity contribution in [1.29, 1.82) is 0 Å². The van der Waals surface area contributed by atoms with Gasteiger partial charge in [0.1, 0.15) is 12.1 Å². The van der Waals surface area contributed by atoms with Gasteiger partial charge in [-0.25, -0.2) is 9.97 Å². The summed E-state index contributed by atoms with van der Waals surface area (Å²) in [6, 6.07) is 0. The summed E-state index contributed by atoms with van der Waals surface area (Å²) < 4.78 is 0. The van der Waals surface area contributed by atoms with Gasteiger partial charge in [-0.1, -0.05) is 0 Å². The third-order valence-electron chi connectivity index (χ3n) is 2.70. The standard InChI is InChI=1S/C11H12N2O2/c14-10-3-1-2-8(4-10)11(15)9-5-12-7-13-6-9/h5-8H,1-4H2. The van der Waals surface area contributed by atoms with E-state index in [1.807, 2.05) is 0 Å². The van der Waals surface area contributed by atoms with E-state index in [2.05, 4.69) is 9.97 Å². The lowest BCUT2D eigenvalue weighted by molar-refractivity contribution is -0.121. The van der Waals surface area contributed by atoms with Crippen LogP contribution in [0.2, 0.25) is 0 Å². The molecule has 78 valence electrons. The Kier molecular flexibility index (Phi) is 2.85. The van der Waals surface area contributed by atoms with Crippen molar-refractivity contribution in [3.8, 4) is 0 Å². The van der Waals surface area contributed by atoms with Crippen LogP contribution in [-0.4, -0.2) is 21.5 Å². The quantitative estimate of drug-likeness (QED) is 0.683. The van der Waals surface area contributed by atoms with Gasteiger partial charge in [0.15, 0.2) is 5.78 Å². The van der Waals surface area contributed by atoms with E-state index in [1.165, 1.54) is 18.7 Å². The molecule has 4 nitrogen and oxygen atoms in total. The second-order valence-corrected chi connectivity index (χ2v) is 3.82. The number of carbonyl (C=O) groups is 2. The Labute approximate surface area is 87.7 Å². The van der Waals surface area contributed by atoms with E-state index in [0.29, 0.717) is 18.4 Å². The molecular formula is C11H12N2O2. The third-order valence-corrected chi connectivity index (χ3v) is 2.70. The number of hydrogen-bond donors (Lipinski definition) is 0. The number of nitrogens with zero attached hydrogens (tertiary/aromatic N) is 2. The van der Waals surface area contributed by atoms with Gasteiger partial charge in [-0.2, -0.15) is 0 Å². The van der Waals surface area contributed by atoms with Crippen molar-refractivity contribution >= 4 is 11.6 Å². The first-order valence-corrected chi connectivity index (χ1v) is 5.08. The second kappa shape index (κ2) is 4.29. The molecule has 1 aromatic heterocycles. The van der Waals surface area contributed by atoms with Crippen molar-refractivity contribution in [3.63, 3.8) is 0 Å². The van der Waals surface area contributed by atoms with Gasteiger partial charge in [-0.3, -0.25) is 9.59 Å². The normalized spacial score (nSPS) is 21.3. The summed E-state index contributed by atoms with van der Waals surface area (Å²) >= 11 is 0. The Morgan fingerprint density at radius 1 is 1.33 bits per heavy atom. The molecule has 0 radical (unpaired) electrons. The minimum atomic E-state index is -0.155. The average molecular weight is 204 g/mol. The van der Waals surface area contributed by atoms with Crippen LogP contribution >= 0.6 is 0 Å². The highest BCUT2D eigenvalue weighted by molar-refractivity contribution is 6.00. The second-order valence-electron chi connectivity index (χ2n) is 3.82. The highest BCUT2D eigenvalue weighted by Crippen LogP contribution is 2.24. The Balaban J connectivity index is 2.11. The first-order chi connectivity index (χ1) is 7.27. The van der Waals surface area contributed by atoms with Crippen molar-refractivity contribution < 1.29 is 9.59 Å². The summed E-state index contributed by atoms with van der Waals surface area (Å²) in [7, 11) is 0. The van der Waals surface area contributed by atoms with Crippen LogP contribution in [0.5, 0.6) is 0 Å². The smallest absolute Gasteiger partial charge is 0.169 e. The molecule has 0 amide bonds. The summed E-state index contributed by atoms with van der Waals surface area (Å²) in [5.41, 5.74) is 0.511. The van der Waals surface area contributed by atoms with Crippen LogP contribution in [0.1, 0.15) is 36.0 Å². The van der Waals surface area contributed by atoms with Gasteiger partial charge in [0.2, 0.25) is 0 Å². The molecule has 1 atom stereocenters. The maximum Gasteiger partial charge on any atom is 0.169 e. The fourth-order valence-electron chi connectivity index (χ4n) is 1.91. The number of carbonyl (C=O) groups excluding carboxylic acids is 2. The fourth-order valence-corrected chi connectivity index (χ4v) is 1.91. The van der Waals surface area contributed by atoms with Crippen LogP contribution in [0.4, 0.5) is 0 Å². The Bertz CT molecular complexity index is 375. The van der Waals surface area contributed by atoms with Gasteiger partial charge in [0.25, 0.3) is 0 Å². The molecule has 0 N–H and O–H groups in total. The highest BCUT2D eigenvalue weighted by Gasteiger charge is 2.26. The largest absolute Gasteiger partial charge is 0.300 e. The maximum absolute atomic E-state index is 11.9. The fraction of sp³-hybridized carbons (Fsp3) is 0.455. The minimum Gasteiger partial charge on any atom is -0.300 e. The van der Waals surface area contributed by atoms with Crippen LogP contribution in [0.15, 0.2) is 18.7 Å². The average Bonchev–Trinajstić information content (AvgIpc) is 2.29. The first-order valence-electron chi connectivity index (χ1n) is 5.08. The number of hydrogen-bond acceptors (Lipinski definition) is 4. The highest BCUT2D eigenvalue weighted by atomic mass is 16.1. The molecule has 15 heavy (non-hydrogen) atoms. The molecule has 1 heterocycles. The summed E-state index contributed by atoms with van der Waals surface area (Å²) in [6.45, 7) is 0. The summed E-state index contributed by atoms with van der Waals surface area (Å²) in [5, 5.41) is 0. The zero-order chi connectivity index (χ0) is 10.7. The molecule has 4 heteroatoms. The van der Waals surface area contributed by atoms with Gasteiger partial charge in [0.05, 0.1) is 5.56 Å². The molecule has 0 aliphatic heterocycles. The predicted octanol–water partition coefficient (Wildman–Crippen LogP) is 1.42. The van der Waals surface area contributed by atoms with Crippen LogP contribution in [0.3, 0.4) is 0 Å². The van der Waals surface area contributed by atoms with Gasteiger partial charge in [0, 0.05) is 31.2 Å². The molecular weight excluding hydrogens is 192 g/mol. The Morgan fingerprint density at radius 3 is 2.73 bits per heavy atom. The summed E-state index contributed by atoms with van der Waals surface area (Å²) in [6.07, 6.45) is 7.04. The lowest BCUT2D eigenvalue weighted by atomic mass is 9.84. The van der Waals surface area contributed by atoms with E-state index in [9.17, 15) is 9.59 Å². The van der Waals surface area contributed by atoms with Gasteiger partial charge in [-0.15, -0.1) is 0 Å². The Hall–Kier alpha value is -1.58. The first kappa shape index (κ1) is 9.96. The molecule has 1 aromatic rings. The van der Waals surface area contributed by atoms with Crippen LogP contribution in [-0.2, 0) is 4.79 Å². The molecule has 2 rings (SSSR count). The molecule has 0 aromatic carbocycles. The lowest BCUT2D eigenvalue weighted by Crippen LogP contribution is -2.23. The summed E-state index contributed by atoms with van der Waals surface area (Å²) in [4.78, 5) is 30.7. The van der Waals surface area contributed by atoms with E-state index >= 15 is 0 Å². The predicted molar refractivity (Wildman–Crippen MR) is 53.3 cm³/mol. The van der Waals surface area contributed by atoms with E-state index in [4.69, 9.17) is 0 Å². The number of ketones is 2. The van der Waals surface area contributed by atoms with Gasteiger partial charge in [-0.05, 0) is 12.8 Å². The topological polar surface area (TPSA) is 59.9 Å². The van der Waals surface area contributed by atoms with Crippen molar-refractivity contribution in [1.82, 2.24) is 9.97 Å². The van der Waals surface area contributed by atoms with Crippen LogP contribution in [0.25, 0.3) is 0 Å². The number of aromatic nitrogens is 2. The van der Waals surface area contributed by atoms with Crippen molar-refractivity contribution in [2.75, 3.05) is 0 Å². The molecule has 0 saturated heterocycles. The van der Waals surface area contributed by atoms with E-state index in [-0.39, 0.29) is 17.5 Å².